The van der Waals surface area contributed by atoms with Crippen LogP contribution < -0.4 is 10.5 Å². The lowest BCUT2D eigenvalue weighted by atomic mass is 10.1. The number of morpholine rings is 1. The summed E-state index contributed by atoms with van der Waals surface area (Å²) >= 11 is 0. The third kappa shape index (κ3) is 5.04. The van der Waals surface area contributed by atoms with Crippen molar-refractivity contribution in [3.05, 3.63) is 29.8 Å². The fourth-order valence-electron chi connectivity index (χ4n) is 2.48. The van der Waals surface area contributed by atoms with Gasteiger partial charge in [-0.2, -0.15) is 0 Å². The topological polar surface area (TPSA) is 81.9 Å². The van der Waals surface area contributed by atoms with Gasteiger partial charge in [-0.3, -0.25) is 9.59 Å². The van der Waals surface area contributed by atoms with E-state index >= 15 is 0 Å². The van der Waals surface area contributed by atoms with E-state index in [4.69, 9.17) is 15.2 Å². The molecule has 1 atom stereocenters. The number of Topliss-reactive ketones (excluding diaryl/α,β-unsaturated/α-hetero) is 1. The zero-order valence-electron chi connectivity index (χ0n) is 13.5. The molecule has 1 aromatic carbocycles. The molecular weight excluding hydrogens is 296 g/mol. The fourth-order valence-corrected chi connectivity index (χ4v) is 2.48. The van der Waals surface area contributed by atoms with E-state index in [0.29, 0.717) is 44.0 Å². The standard InChI is InChI=1S/C17H24N2O4/c1-2-16(20)13-3-5-14(6-4-13)23-12-17(21)19-9-10-22-15(11-19)7-8-18/h3-6,15H,2,7-12,18H2,1H3. The van der Waals surface area contributed by atoms with Gasteiger partial charge < -0.3 is 20.1 Å². The number of ketones is 1. The molecule has 1 saturated heterocycles. The van der Waals surface area contributed by atoms with E-state index in [0.717, 1.165) is 6.42 Å². The van der Waals surface area contributed by atoms with E-state index in [-0.39, 0.29) is 24.4 Å². The van der Waals surface area contributed by atoms with Gasteiger partial charge in [0.2, 0.25) is 0 Å². The normalized spacial score (nSPS) is 17.8. The van der Waals surface area contributed by atoms with Crippen molar-refractivity contribution in [3.63, 3.8) is 0 Å². The summed E-state index contributed by atoms with van der Waals surface area (Å²) in [7, 11) is 0. The molecule has 1 unspecified atom stereocenters. The van der Waals surface area contributed by atoms with Gasteiger partial charge in [0.15, 0.2) is 12.4 Å². The first-order chi connectivity index (χ1) is 11.1. The molecular formula is C17H24N2O4. The lowest BCUT2D eigenvalue weighted by Crippen LogP contribution is -2.47. The molecule has 6 heteroatoms. The SMILES string of the molecule is CCC(=O)c1ccc(OCC(=O)N2CCOC(CCN)C2)cc1. The maximum Gasteiger partial charge on any atom is 0.260 e. The molecule has 1 aromatic rings. The van der Waals surface area contributed by atoms with Crippen LogP contribution in [0.25, 0.3) is 0 Å². The predicted molar refractivity (Wildman–Crippen MR) is 86.5 cm³/mol. The summed E-state index contributed by atoms with van der Waals surface area (Å²) in [5, 5.41) is 0. The second-order valence-corrected chi connectivity index (χ2v) is 5.50. The number of hydrogen-bond acceptors (Lipinski definition) is 5. The number of nitrogens with zero attached hydrogens (tertiary/aromatic N) is 1. The van der Waals surface area contributed by atoms with Crippen LogP contribution in [0.2, 0.25) is 0 Å². The van der Waals surface area contributed by atoms with Crippen LogP contribution in [-0.4, -0.2) is 55.5 Å². The Morgan fingerprint density at radius 3 is 2.74 bits per heavy atom. The van der Waals surface area contributed by atoms with Crippen molar-refractivity contribution in [2.24, 2.45) is 5.73 Å². The van der Waals surface area contributed by atoms with Crippen molar-refractivity contribution in [2.45, 2.75) is 25.9 Å². The minimum atomic E-state index is -0.0657. The van der Waals surface area contributed by atoms with Crippen molar-refractivity contribution in [3.8, 4) is 5.75 Å². The molecule has 0 bridgehead atoms. The number of ether oxygens (including phenoxy) is 2. The van der Waals surface area contributed by atoms with Crippen LogP contribution in [-0.2, 0) is 9.53 Å². The number of carbonyl (C=O) groups excluding carboxylic acids is 2. The van der Waals surface area contributed by atoms with E-state index < -0.39 is 0 Å². The molecule has 0 aliphatic carbocycles. The van der Waals surface area contributed by atoms with E-state index in [1.54, 1.807) is 29.2 Å². The first-order valence-corrected chi connectivity index (χ1v) is 7.99. The zero-order chi connectivity index (χ0) is 16.7. The van der Waals surface area contributed by atoms with Gasteiger partial charge in [-0.05, 0) is 37.2 Å². The van der Waals surface area contributed by atoms with E-state index in [9.17, 15) is 9.59 Å². The molecule has 23 heavy (non-hydrogen) atoms. The lowest BCUT2D eigenvalue weighted by Gasteiger charge is -2.32. The van der Waals surface area contributed by atoms with Gasteiger partial charge in [0.1, 0.15) is 5.75 Å². The quantitative estimate of drug-likeness (QED) is 0.764. The Balaban J connectivity index is 1.83. The Labute approximate surface area is 136 Å². The van der Waals surface area contributed by atoms with Gasteiger partial charge in [-0.25, -0.2) is 0 Å². The number of rotatable bonds is 7. The number of amides is 1. The molecule has 126 valence electrons. The van der Waals surface area contributed by atoms with Crippen molar-refractivity contribution in [1.29, 1.82) is 0 Å². The van der Waals surface area contributed by atoms with Gasteiger partial charge in [0, 0.05) is 25.1 Å². The average molecular weight is 320 g/mol. The van der Waals surface area contributed by atoms with Crippen LogP contribution in [0, 0.1) is 0 Å². The summed E-state index contributed by atoms with van der Waals surface area (Å²) in [6, 6.07) is 6.87. The molecule has 0 radical (unpaired) electrons. The van der Waals surface area contributed by atoms with Crippen molar-refractivity contribution in [1.82, 2.24) is 4.90 Å². The molecule has 1 amide bonds. The highest BCUT2D eigenvalue weighted by Crippen LogP contribution is 2.14. The first kappa shape index (κ1) is 17.4. The highest BCUT2D eigenvalue weighted by molar-refractivity contribution is 5.95. The number of nitrogens with two attached hydrogens (primary N) is 1. The van der Waals surface area contributed by atoms with Crippen molar-refractivity contribution in [2.75, 3.05) is 32.8 Å². The lowest BCUT2D eigenvalue weighted by molar-refractivity contribution is -0.141. The van der Waals surface area contributed by atoms with Gasteiger partial charge in [-0.1, -0.05) is 6.92 Å². The Morgan fingerprint density at radius 2 is 2.09 bits per heavy atom. The number of benzene rings is 1. The maximum atomic E-state index is 12.2. The molecule has 1 aliphatic heterocycles. The molecule has 1 heterocycles. The van der Waals surface area contributed by atoms with Gasteiger partial charge >= 0.3 is 0 Å². The second kappa shape index (κ2) is 8.64. The van der Waals surface area contributed by atoms with Crippen molar-refractivity contribution >= 4 is 11.7 Å². The van der Waals surface area contributed by atoms with Crippen LogP contribution in [0.5, 0.6) is 5.75 Å². The summed E-state index contributed by atoms with van der Waals surface area (Å²) < 4.78 is 11.1. The minimum absolute atomic E-state index is 0.0111. The monoisotopic (exact) mass is 320 g/mol. The number of hydrogen-bond donors (Lipinski definition) is 1. The summed E-state index contributed by atoms with van der Waals surface area (Å²) in [4.78, 5) is 25.5. The summed E-state index contributed by atoms with van der Waals surface area (Å²) in [6.45, 7) is 4.02. The van der Waals surface area contributed by atoms with E-state index in [2.05, 4.69) is 0 Å². The molecule has 0 saturated carbocycles. The van der Waals surface area contributed by atoms with Crippen LogP contribution in [0.1, 0.15) is 30.1 Å². The summed E-state index contributed by atoms with van der Waals surface area (Å²) in [5.41, 5.74) is 6.18. The second-order valence-electron chi connectivity index (χ2n) is 5.50. The van der Waals surface area contributed by atoms with Gasteiger partial charge in [-0.15, -0.1) is 0 Å². The average Bonchev–Trinajstić information content (AvgIpc) is 2.60. The fraction of sp³-hybridized carbons (Fsp3) is 0.529. The molecule has 1 aliphatic rings. The largest absolute Gasteiger partial charge is 0.484 e. The van der Waals surface area contributed by atoms with E-state index in [1.807, 2.05) is 6.92 Å². The van der Waals surface area contributed by atoms with Crippen LogP contribution in [0.15, 0.2) is 24.3 Å². The summed E-state index contributed by atoms with van der Waals surface area (Å²) in [6.07, 6.45) is 1.23. The predicted octanol–water partition coefficient (Wildman–Crippen LogP) is 1.23. The third-order valence-electron chi connectivity index (χ3n) is 3.84. The summed E-state index contributed by atoms with van der Waals surface area (Å²) in [5.74, 6) is 0.605. The minimum Gasteiger partial charge on any atom is -0.484 e. The Morgan fingerprint density at radius 1 is 1.35 bits per heavy atom. The highest BCUT2D eigenvalue weighted by atomic mass is 16.5. The number of carbonyl (C=O) groups is 2. The molecule has 0 aromatic heterocycles. The Hall–Kier alpha value is -1.92. The van der Waals surface area contributed by atoms with Crippen LogP contribution in [0.3, 0.4) is 0 Å². The maximum absolute atomic E-state index is 12.2. The van der Waals surface area contributed by atoms with Crippen LogP contribution in [0.4, 0.5) is 0 Å². The molecule has 1 fully saturated rings. The van der Waals surface area contributed by atoms with E-state index in [1.165, 1.54) is 0 Å². The smallest absolute Gasteiger partial charge is 0.260 e. The highest BCUT2D eigenvalue weighted by Gasteiger charge is 2.23. The molecule has 2 rings (SSSR count). The van der Waals surface area contributed by atoms with Crippen LogP contribution >= 0.6 is 0 Å². The third-order valence-corrected chi connectivity index (χ3v) is 3.84. The molecule has 6 nitrogen and oxygen atoms in total. The Bertz CT molecular complexity index is 528. The molecule has 0 spiro atoms. The van der Waals surface area contributed by atoms with Crippen molar-refractivity contribution < 1.29 is 19.1 Å². The van der Waals surface area contributed by atoms with Gasteiger partial charge in [0.25, 0.3) is 5.91 Å². The Kier molecular flexibility index (Phi) is 6.55. The van der Waals surface area contributed by atoms with Gasteiger partial charge in [0.05, 0.1) is 12.7 Å². The molecule has 2 N–H and O–H groups in total. The first-order valence-electron chi connectivity index (χ1n) is 7.99. The zero-order valence-corrected chi connectivity index (χ0v) is 13.5.